The van der Waals surface area contributed by atoms with E-state index in [4.69, 9.17) is 4.74 Å². The van der Waals surface area contributed by atoms with Crippen LogP contribution in [0, 0.1) is 0 Å². The van der Waals surface area contributed by atoms with Gasteiger partial charge in [0.1, 0.15) is 5.75 Å². The van der Waals surface area contributed by atoms with Crippen LogP contribution in [-0.4, -0.2) is 5.97 Å². The maximum Gasteiger partial charge on any atom is 0.343 e. The molecule has 3 aromatic carbocycles. The van der Waals surface area contributed by atoms with Gasteiger partial charge in [-0.1, -0.05) is 48.5 Å². The molecule has 0 fully saturated rings. The number of ether oxygens (including phenoxy) is 1. The molecule has 19 heavy (non-hydrogen) atoms. The molecule has 0 aliphatic heterocycles. The molecule has 0 aromatic heterocycles. The Kier molecular flexibility index (Phi) is 2.99. The lowest BCUT2D eigenvalue weighted by molar-refractivity contribution is 0.0735. The highest BCUT2D eigenvalue weighted by atomic mass is 16.5. The normalized spacial score (nSPS) is 10.3. The molecule has 0 unspecified atom stereocenters. The van der Waals surface area contributed by atoms with E-state index >= 15 is 0 Å². The minimum Gasteiger partial charge on any atom is -0.423 e. The topological polar surface area (TPSA) is 26.3 Å². The Bertz CT molecular complexity index is 717. The lowest BCUT2D eigenvalue weighted by Gasteiger charge is -2.05. The highest BCUT2D eigenvalue weighted by Gasteiger charge is 2.08. The van der Waals surface area contributed by atoms with Gasteiger partial charge in [0, 0.05) is 0 Å². The average molecular weight is 248 g/mol. The molecule has 3 aromatic rings. The predicted molar refractivity (Wildman–Crippen MR) is 75.3 cm³/mol. The molecule has 0 spiro atoms. The zero-order chi connectivity index (χ0) is 13.1. The van der Waals surface area contributed by atoms with Gasteiger partial charge in [-0.25, -0.2) is 4.79 Å². The summed E-state index contributed by atoms with van der Waals surface area (Å²) in [6.45, 7) is 0. The Balaban J connectivity index is 1.89. The fourth-order valence-corrected chi connectivity index (χ4v) is 1.97. The second-order valence-corrected chi connectivity index (χ2v) is 4.26. The van der Waals surface area contributed by atoms with E-state index in [-0.39, 0.29) is 5.97 Å². The van der Waals surface area contributed by atoms with E-state index < -0.39 is 0 Å². The molecule has 0 saturated carbocycles. The molecule has 0 radical (unpaired) electrons. The summed E-state index contributed by atoms with van der Waals surface area (Å²) in [6, 6.07) is 22.6. The van der Waals surface area contributed by atoms with Crippen LogP contribution in [0.15, 0.2) is 72.8 Å². The number of hydrogen-bond donors (Lipinski definition) is 0. The molecule has 0 heterocycles. The van der Waals surface area contributed by atoms with Crippen molar-refractivity contribution in [2.24, 2.45) is 0 Å². The second kappa shape index (κ2) is 4.94. The van der Waals surface area contributed by atoms with Crippen molar-refractivity contribution in [2.45, 2.75) is 0 Å². The van der Waals surface area contributed by atoms with Gasteiger partial charge in [0.2, 0.25) is 0 Å². The van der Waals surface area contributed by atoms with Crippen molar-refractivity contribution >= 4 is 16.7 Å². The first-order valence-electron chi connectivity index (χ1n) is 6.09. The van der Waals surface area contributed by atoms with Crippen LogP contribution in [0.2, 0.25) is 0 Å². The first-order chi connectivity index (χ1) is 9.33. The Morgan fingerprint density at radius 2 is 1.42 bits per heavy atom. The quantitative estimate of drug-likeness (QED) is 0.505. The molecule has 0 bridgehead atoms. The molecular weight excluding hydrogens is 236 g/mol. The summed E-state index contributed by atoms with van der Waals surface area (Å²) in [5.41, 5.74) is 0.558. The predicted octanol–water partition coefficient (Wildman–Crippen LogP) is 4.06. The number of benzene rings is 3. The molecule has 3 rings (SSSR count). The van der Waals surface area contributed by atoms with Crippen molar-refractivity contribution < 1.29 is 9.53 Å². The molecular formula is C17H12O2. The second-order valence-electron chi connectivity index (χ2n) is 4.26. The average Bonchev–Trinajstić information content (AvgIpc) is 2.48. The molecule has 0 N–H and O–H groups in total. The summed E-state index contributed by atoms with van der Waals surface area (Å²) >= 11 is 0. The Labute approximate surface area is 111 Å². The van der Waals surface area contributed by atoms with Crippen LogP contribution in [0.3, 0.4) is 0 Å². The van der Waals surface area contributed by atoms with Gasteiger partial charge in [0.15, 0.2) is 0 Å². The lowest BCUT2D eigenvalue weighted by atomic mass is 10.1. The van der Waals surface area contributed by atoms with Crippen molar-refractivity contribution in [1.29, 1.82) is 0 Å². The van der Waals surface area contributed by atoms with E-state index in [0.717, 1.165) is 10.8 Å². The monoisotopic (exact) mass is 248 g/mol. The van der Waals surface area contributed by atoms with Crippen LogP contribution in [0.1, 0.15) is 10.4 Å². The van der Waals surface area contributed by atoms with E-state index in [2.05, 4.69) is 0 Å². The summed E-state index contributed by atoms with van der Waals surface area (Å²) in [4.78, 5) is 12.0. The Morgan fingerprint density at radius 3 is 2.21 bits per heavy atom. The summed E-state index contributed by atoms with van der Waals surface area (Å²) < 4.78 is 5.31. The van der Waals surface area contributed by atoms with Crippen molar-refractivity contribution in [3.63, 3.8) is 0 Å². The number of carbonyl (C=O) groups excluding carboxylic acids is 1. The SMILES string of the molecule is O=C(Oc1ccccc1)c1ccc2ccccc2c1. The van der Waals surface area contributed by atoms with E-state index in [1.54, 1.807) is 18.2 Å². The highest BCUT2D eigenvalue weighted by molar-refractivity contribution is 5.96. The number of para-hydroxylation sites is 1. The summed E-state index contributed by atoms with van der Waals surface area (Å²) in [6.07, 6.45) is 0. The first-order valence-corrected chi connectivity index (χ1v) is 6.09. The molecule has 0 atom stereocenters. The zero-order valence-corrected chi connectivity index (χ0v) is 10.2. The summed E-state index contributed by atoms with van der Waals surface area (Å²) in [5.74, 6) is 0.220. The van der Waals surface area contributed by atoms with Crippen molar-refractivity contribution in [2.75, 3.05) is 0 Å². The maximum absolute atomic E-state index is 12.0. The third-order valence-electron chi connectivity index (χ3n) is 2.94. The van der Waals surface area contributed by atoms with Gasteiger partial charge in [-0.15, -0.1) is 0 Å². The van der Waals surface area contributed by atoms with Gasteiger partial charge >= 0.3 is 5.97 Å². The van der Waals surface area contributed by atoms with Crippen molar-refractivity contribution in [1.82, 2.24) is 0 Å². The zero-order valence-electron chi connectivity index (χ0n) is 10.2. The fraction of sp³-hybridized carbons (Fsp3) is 0. The smallest absolute Gasteiger partial charge is 0.343 e. The molecule has 92 valence electrons. The molecule has 2 nitrogen and oxygen atoms in total. The Hall–Kier alpha value is -2.61. The maximum atomic E-state index is 12.0. The van der Waals surface area contributed by atoms with E-state index in [1.807, 2.05) is 54.6 Å². The molecule has 2 heteroatoms. The van der Waals surface area contributed by atoms with Crippen LogP contribution in [0.5, 0.6) is 5.75 Å². The molecule has 0 amide bonds. The van der Waals surface area contributed by atoms with Crippen LogP contribution in [-0.2, 0) is 0 Å². The summed E-state index contributed by atoms with van der Waals surface area (Å²) in [7, 11) is 0. The molecule has 0 aliphatic carbocycles. The van der Waals surface area contributed by atoms with Gasteiger partial charge < -0.3 is 4.74 Å². The van der Waals surface area contributed by atoms with Gasteiger partial charge in [-0.2, -0.15) is 0 Å². The van der Waals surface area contributed by atoms with Gasteiger partial charge in [-0.05, 0) is 35.0 Å². The number of esters is 1. The van der Waals surface area contributed by atoms with E-state index in [9.17, 15) is 4.79 Å². The highest BCUT2D eigenvalue weighted by Crippen LogP contribution is 2.17. The first kappa shape index (κ1) is 11.5. The van der Waals surface area contributed by atoms with E-state index in [0.29, 0.717) is 11.3 Å². The number of fused-ring (bicyclic) bond motifs is 1. The van der Waals surface area contributed by atoms with Crippen LogP contribution in [0.4, 0.5) is 0 Å². The van der Waals surface area contributed by atoms with Gasteiger partial charge in [0.25, 0.3) is 0 Å². The number of hydrogen-bond acceptors (Lipinski definition) is 2. The van der Waals surface area contributed by atoms with Gasteiger partial charge in [0.05, 0.1) is 5.56 Å². The standard InChI is InChI=1S/C17H12O2/c18-17(19-16-8-2-1-3-9-16)15-11-10-13-6-4-5-7-14(13)12-15/h1-12H. The van der Waals surface area contributed by atoms with Crippen LogP contribution < -0.4 is 4.74 Å². The minimum atomic E-state index is -0.336. The van der Waals surface area contributed by atoms with Crippen molar-refractivity contribution in [3.05, 3.63) is 78.4 Å². The number of carbonyl (C=O) groups is 1. The van der Waals surface area contributed by atoms with Crippen LogP contribution in [0.25, 0.3) is 10.8 Å². The lowest BCUT2D eigenvalue weighted by Crippen LogP contribution is -2.08. The third kappa shape index (κ3) is 2.47. The van der Waals surface area contributed by atoms with Crippen LogP contribution >= 0.6 is 0 Å². The fourth-order valence-electron chi connectivity index (χ4n) is 1.97. The molecule has 0 aliphatic rings. The van der Waals surface area contributed by atoms with E-state index in [1.165, 1.54) is 0 Å². The van der Waals surface area contributed by atoms with Crippen molar-refractivity contribution in [3.8, 4) is 5.75 Å². The third-order valence-corrected chi connectivity index (χ3v) is 2.94. The molecule has 0 saturated heterocycles. The largest absolute Gasteiger partial charge is 0.423 e. The minimum absolute atomic E-state index is 0.336. The van der Waals surface area contributed by atoms with Gasteiger partial charge in [-0.3, -0.25) is 0 Å². The Morgan fingerprint density at radius 1 is 0.737 bits per heavy atom. The summed E-state index contributed by atoms with van der Waals surface area (Å²) in [5, 5.41) is 2.14. The number of rotatable bonds is 2.